The van der Waals surface area contributed by atoms with Gasteiger partial charge in [0, 0.05) is 18.6 Å². The van der Waals surface area contributed by atoms with Crippen LogP contribution in [0.15, 0.2) is 18.2 Å². The average Bonchev–Trinajstić information content (AvgIpc) is 2.91. The number of halogens is 2. The van der Waals surface area contributed by atoms with E-state index in [1.54, 1.807) is 25.2 Å². The van der Waals surface area contributed by atoms with Crippen LogP contribution in [0.25, 0.3) is 0 Å². The smallest absolute Gasteiger partial charge is 0.322 e. The Balaban J connectivity index is 2.11. The van der Waals surface area contributed by atoms with Crippen molar-refractivity contribution in [1.82, 2.24) is 10.2 Å². The molecule has 7 heteroatoms. The number of likely N-dealkylation sites (N-methyl/N-ethyl adjacent to an activating group) is 1. The number of likely N-dealkylation sites (tertiary alicyclic amines) is 1. The monoisotopic (exact) mass is 315 g/mol. The highest BCUT2D eigenvalue weighted by atomic mass is 35.5. The van der Waals surface area contributed by atoms with Crippen LogP contribution in [0.4, 0.5) is 10.5 Å². The zero-order valence-electron chi connectivity index (χ0n) is 11.0. The Hall–Kier alpha value is -1.46. The van der Waals surface area contributed by atoms with E-state index in [2.05, 4.69) is 10.6 Å². The van der Waals surface area contributed by atoms with E-state index in [1.165, 1.54) is 4.90 Å². The van der Waals surface area contributed by atoms with E-state index < -0.39 is 6.04 Å². The molecule has 1 fully saturated rings. The summed E-state index contributed by atoms with van der Waals surface area (Å²) in [6, 6.07) is 4.05. The lowest BCUT2D eigenvalue weighted by Gasteiger charge is -2.23. The lowest BCUT2D eigenvalue weighted by Crippen LogP contribution is -2.46. The number of nitrogens with zero attached hydrogens (tertiary/aromatic N) is 1. The third kappa shape index (κ3) is 3.16. The molecule has 1 atom stereocenters. The van der Waals surface area contributed by atoms with Gasteiger partial charge in [-0.15, -0.1) is 0 Å². The molecule has 0 unspecified atom stereocenters. The summed E-state index contributed by atoms with van der Waals surface area (Å²) in [5, 5.41) is 6.14. The highest BCUT2D eigenvalue weighted by Gasteiger charge is 2.33. The second-order valence-corrected chi connectivity index (χ2v) is 5.36. The van der Waals surface area contributed by atoms with Crippen LogP contribution in [0.5, 0.6) is 0 Å². The van der Waals surface area contributed by atoms with Crippen molar-refractivity contribution >= 4 is 40.8 Å². The second kappa shape index (κ2) is 6.33. The molecule has 0 bridgehead atoms. The quantitative estimate of drug-likeness (QED) is 0.881. The highest BCUT2D eigenvalue weighted by molar-refractivity contribution is 6.35. The zero-order valence-corrected chi connectivity index (χ0v) is 12.5. The lowest BCUT2D eigenvalue weighted by atomic mass is 10.2. The molecular weight excluding hydrogens is 301 g/mol. The van der Waals surface area contributed by atoms with Crippen LogP contribution in [-0.4, -0.2) is 36.5 Å². The maximum absolute atomic E-state index is 12.2. The molecular formula is C13H15Cl2N3O2. The van der Waals surface area contributed by atoms with Crippen LogP contribution in [0.1, 0.15) is 12.8 Å². The molecule has 0 spiro atoms. The Morgan fingerprint density at radius 3 is 2.80 bits per heavy atom. The molecule has 0 aliphatic carbocycles. The first-order valence-electron chi connectivity index (χ1n) is 6.27. The van der Waals surface area contributed by atoms with Gasteiger partial charge in [0.05, 0.1) is 10.7 Å². The Bertz CT molecular complexity index is 536. The summed E-state index contributed by atoms with van der Waals surface area (Å²) < 4.78 is 0. The van der Waals surface area contributed by atoms with Crippen molar-refractivity contribution in [3.05, 3.63) is 28.2 Å². The number of carbonyl (C=O) groups is 2. The van der Waals surface area contributed by atoms with Crippen molar-refractivity contribution in [2.45, 2.75) is 18.9 Å². The fraction of sp³-hybridized carbons (Fsp3) is 0.385. The van der Waals surface area contributed by atoms with Gasteiger partial charge in [-0.05, 0) is 31.0 Å². The van der Waals surface area contributed by atoms with Crippen LogP contribution in [0.2, 0.25) is 10.0 Å². The van der Waals surface area contributed by atoms with Crippen molar-refractivity contribution < 1.29 is 9.59 Å². The highest BCUT2D eigenvalue weighted by Crippen LogP contribution is 2.27. The van der Waals surface area contributed by atoms with Gasteiger partial charge in [-0.1, -0.05) is 23.2 Å². The van der Waals surface area contributed by atoms with Crippen LogP contribution in [-0.2, 0) is 4.79 Å². The second-order valence-electron chi connectivity index (χ2n) is 4.52. The summed E-state index contributed by atoms with van der Waals surface area (Å²) in [5.41, 5.74) is 0.437. The molecule has 1 aromatic rings. The van der Waals surface area contributed by atoms with Gasteiger partial charge < -0.3 is 15.5 Å². The van der Waals surface area contributed by atoms with E-state index in [-0.39, 0.29) is 11.9 Å². The standard InChI is InChI=1S/C13H15Cl2N3O2/c1-16-12(19)11-3-2-6-18(11)13(20)17-10-7-8(14)4-5-9(10)15/h4-5,7,11H,2-3,6H2,1H3,(H,16,19)(H,17,20)/t11-/m0/s1. The van der Waals surface area contributed by atoms with Crippen molar-refractivity contribution in [1.29, 1.82) is 0 Å². The van der Waals surface area contributed by atoms with Crippen molar-refractivity contribution in [2.24, 2.45) is 0 Å². The third-order valence-corrected chi connectivity index (χ3v) is 3.80. The van der Waals surface area contributed by atoms with E-state index in [1.807, 2.05) is 0 Å². The first kappa shape index (κ1) is 14.9. The summed E-state index contributed by atoms with van der Waals surface area (Å²) in [7, 11) is 1.56. The number of anilines is 1. The summed E-state index contributed by atoms with van der Waals surface area (Å²) in [5.74, 6) is -0.158. The molecule has 1 aliphatic rings. The Morgan fingerprint density at radius 1 is 1.35 bits per heavy atom. The fourth-order valence-electron chi connectivity index (χ4n) is 2.23. The Labute approximate surface area is 127 Å². The maximum atomic E-state index is 12.2. The number of benzene rings is 1. The van der Waals surface area contributed by atoms with Gasteiger partial charge in [0.1, 0.15) is 6.04 Å². The number of amides is 3. The molecule has 108 valence electrons. The van der Waals surface area contributed by atoms with Gasteiger partial charge >= 0.3 is 6.03 Å². The molecule has 0 aromatic heterocycles. The number of urea groups is 1. The van der Waals surface area contributed by atoms with Gasteiger partial charge in [0.25, 0.3) is 0 Å². The molecule has 1 aromatic carbocycles. The molecule has 20 heavy (non-hydrogen) atoms. The van der Waals surface area contributed by atoms with Crippen LogP contribution >= 0.6 is 23.2 Å². The van der Waals surface area contributed by atoms with E-state index in [9.17, 15) is 9.59 Å². The van der Waals surface area contributed by atoms with Gasteiger partial charge in [0.2, 0.25) is 5.91 Å². The number of nitrogens with one attached hydrogen (secondary N) is 2. The molecule has 2 N–H and O–H groups in total. The maximum Gasteiger partial charge on any atom is 0.322 e. The molecule has 5 nitrogen and oxygen atoms in total. The third-order valence-electron chi connectivity index (χ3n) is 3.23. The van der Waals surface area contributed by atoms with Crippen LogP contribution < -0.4 is 10.6 Å². The molecule has 2 rings (SSSR count). The first-order valence-corrected chi connectivity index (χ1v) is 7.03. The SMILES string of the molecule is CNC(=O)[C@@H]1CCCN1C(=O)Nc1cc(Cl)ccc1Cl. The summed E-state index contributed by atoms with van der Waals surface area (Å²) in [6.45, 7) is 0.544. The Kier molecular flexibility index (Phi) is 4.73. The summed E-state index contributed by atoms with van der Waals surface area (Å²) in [4.78, 5) is 25.5. The largest absolute Gasteiger partial charge is 0.357 e. The zero-order chi connectivity index (χ0) is 14.7. The lowest BCUT2D eigenvalue weighted by molar-refractivity contribution is -0.124. The summed E-state index contributed by atoms with van der Waals surface area (Å²) >= 11 is 11.9. The van der Waals surface area contributed by atoms with Gasteiger partial charge in [-0.25, -0.2) is 4.79 Å². The van der Waals surface area contributed by atoms with Gasteiger partial charge in [0.15, 0.2) is 0 Å². The molecule has 0 saturated carbocycles. The van der Waals surface area contributed by atoms with E-state index in [0.29, 0.717) is 28.7 Å². The number of rotatable bonds is 2. The summed E-state index contributed by atoms with van der Waals surface area (Å²) in [6.07, 6.45) is 1.46. The topological polar surface area (TPSA) is 61.4 Å². The predicted octanol–water partition coefficient (Wildman–Crippen LogP) is 2.74. The van der Waals surface area contributed by atoms with Crippen LogP contribution in [0, 0.1) is 0 Å². The minimum absolute atomic E-state index is 0.158. The first-order chi connectivity index (χ1) is 9.52. The minimum atomic E-state index is -0.432. The molecule has 0 radical (unpaired) electrons. The van der Waals surface area contributed by atoms with Gasteiger partial charge in [-0.3, -0.25) is 4.79 Å². The van der Waals surface area contributed by atoms with Crippen molar-refractivity contribution in [3.8, 4) is 0 Å². The fourth-order valence-corrected chi connectivity index (χ4v) is 2.57. The van der Waals surface area contributed by atoms with E-state index in [0.717, 1.165) is 6.42 Å². The normalized spacial score (nSPS) is 17.9. The molecule has 1 aliphatic heterocycles. The molecule has 1 heterocycles. The molecule has 1 saturated heterocycles. The van der Waals surface area contributed by atoms with Gasteiger partial charge in [-0.2, -0.15) is 0 Å². The number of hydrogen-bond acceptors (Lipinski definition) is 2. The van der Waals surface area contributed by atoms with E-state index in [4.69, 9.17) is 23.2 Å². The minimum Gasteiger partial charge on any atom is -0.357 e. The number of hydrogen-bond donors (Lipinski definition) is 2. The molecule has 3 amide bonds. The Morgan fingerprint density at radius 2 is 2.10 bits per heavy atom. The predicted molar refractivity (Wildman–Crippen MR) is 79.3 cm³/mol. The van der Waals surface area contributed by atoms with Crippen molar-refractivity contribution in [3.63, 3.8) is 0 Å². The number of carbonyl (C=O) groups excluding carboxylic acids is 2. The average molecular weight is 316 g/mol. The van der Waals surface area contributed by atoms with Crippen molar-refractivity contribution in [2.75, 3.05) is 18.9 Å². The van der Waals surface area contributed by atoms with E-state index >= 15 is 0 Å². The van der Waals surface area contributed by atoms with Crippen LogP contribution in [0.3, 0.4) is 0 Å².